The maximum atomic E-state index is 13.3. The number of hydrogen-bond donors (Lipinski definition) is 0. The summed E-state index contributed by atoms with van der Waals surface area (Å²) in [5.74, 6) is -1.63. The minimum absolute atomic E-state index is 0.0483. The topological polar surface area (TPSA) is 102 Å². The molecule has 0 aromatic heterocycles. The molecule has 1 aliphatic rings. The number of ketones is 1. The van der Waals surface area contributed by atoms with Crippen molar-refractivity contribution in [2.45, 2.75) is 78.0 Å². The highest BCUT2D eigenvalue weighted by molar-refractivity contribution is 5.84. The van der Waals surface area contributed by atoms with Crippen molar-refractivity contribution in [2.24, 2.45) is 5.92 Å². The number of piperidine rings is 1. The van der Waals surface area contributed by atoms with Gasteiger partial charge in [-0.15, -0.1) is 0 Å². The second-order valence-corrected chi connectivity index (χ2v) is 9.04. The van der Waals surface area contributed by atoms with E-state index in [9.17, 15) is 19.2 Å². The molecule has 9 nitrogen and oxygen atoms in total. The molecule has 1 saturated heterocycles. The molecule has 0 saturated carbocycles. The summed E-state index contributed by atoms with van der Waals surface area (Å²) in [6, 6.07) is 0. The molecule has 34 heavy (non-hydrogen) atoms. The lowest BCUT2D eigenvalue weighted by atomic mass is 9.70. The Kier molecular flexibility index (Phi) is 11.1. The van der Waals surface area contributed by atoms with Gasteiger partial charge in [0.25, 0.3) is 5.91 Å². The van der Waals surface area contributed by atoms with E-state index in [0.717, 1.165) is 12.2 Å². The lowest BCUT2D eigenvalue weighted by Gasteiger charge is -2.56. The van der Waals surface area contributed by atoms with Gasteiger partial charge in [0.2, 0.25) is 0 Å². The van der Waals surface area contributed by atoms with E-state index in [1.165, 1.54) is 4.90 Å². The molecule has 0 aliphatic carbocycles. The Bertz CT molecular complexity index is 757. The molecule has 4 atom stereocenters. The smallest absolute Gasteiger partial charge is 0.330 e. The van der Waals surface area contributed by atoms with Gasteiger partial charge >= 0.3 is 11.9 Å². The van der Waals surface area contributed by atoms with Gasteiger partial charge in [-0.25, -0.2) is 9.59 Å². The van der Waals surface area contributed by atoms with Crippen molar-refractivity contribution < 1.29 is 33.5 Å². The summed E-state index contributed by atoms with van der Waals surface area (Å²) in [6.45, 7) is 18.3. The zero-order valence-electron chi connectivity index (χ0n) is 21.4. The predicted octanol–water partition coefficient (Wildman–Crippen LogP) is 2.84. The molecule has 0 aromatic rings. The van der Waals surface area contributed by atoms with Gasteiger partial charge in [0.15, 0.2) is 6.10 Å². The van der Waals surface area contributed by atoms with Crippen LogP contribution in [0.1, 0.15) is 60.8 Å². The minimum Gasteiger partial charge on any atom is -0.461 e. The lowest BCUT2D eigenvalue weighted by Crippen LogP contribution is -2.67. The van der Waals surface area contributed by atoms with Gasteiger partial charge in [-0.2, -0.15) is 5.06 Å². The summed E-state index contributed by atoms with van der Waals surface area (Å²) in [5.41, 5.74) is -1.15. The van der Waals surface area contributed by atoms with Crippen LogP contribution in [-0.2, 0) is 33.5 Å². The summed E-state index contributed by atoms with van der Waals surface area (Å²) in [7, 11) is 0. The maximum absolute atomic E-state index is 13.3. The van der Waals surface area contributed by atoms with Crippen LogP contribution in [0.2, 0.25) is 0 Å². The van der Waals surface area contributed by atoms with E-state index in [1.54, 1.807) is 6.92 Å². The third-order valence-corrected chi connectivity index (χ3v) is 6.87. The SMILES string of the molecule is C=CC(=O)OCCN(CCOC(=O)C=C)C(=O)C(C)ON1C(C)(CC)CC(=O)C(C)C1(C)CC. The van der Waals surface area contributed by atoms with Crippen LogP contribution in [0.25, 0.3) is 0 Å². The molecule has 0 N–H and O–H groups in total. The lowest BCUT2D eigenvalue weighted by molar-refractivity contribution is -0.309. The van der Waals surface area contributed by atoms with Gasteiger partial charge < -0.3 is 14.4 Å². The normalized spacial score (nSPS) is 25.8. The highest BCUT2D eigenvalue weighted by Gasteiger charge is 2.54. The van der Waals surface area contributed by atoms with E-state index in [1.807, 2.05) is 39.7 Å². The molecule has 9 heteroatoms. The first-order valence-corrected chi connectivity index (χ1v) is 11.8. The third kappa shape index (κ3) is 6.99. The Labute approximate surface area is 203 Å². The van der Waals surface area contributed by atoms with Crippen LogP contribution in [-0.4, -0.2) is 77.1 Å². The zero-order chi connectivity index (χ0) is 26.1. The average Bonchev–Trinajstić information content (AvgIpc) is 2.83. The Balaban J connectivity index is 3.06. The van der Waals surface area contributed by atoms with Crippen LogP contribution in [0.3, 0.4) is 0 Å². The van der Waals surface area contributed by atoms with Gasteiger partial charge in [-0.3, -0.25) is 14.4 Å². The standard InChI is InChI=1S/C25H40N2O7/c1-9-21(29)32-15-13-26(14-16-33-22(30)10-2)23(31)19(6)34-27-24(7,11-3)17-20(28)18(5)25(27,8)12-4/h9-10,18-19H,1-2,11-17H2,3-8H3. The van der Waals surface area contributed by atoms with Crippen molar-refractivity contribution in [3.63, 3.8) is 0 Å². The van der Waals surface area contributed by atoms with Crippen LogP contribution >= 0.6 is 0 Å². The quantitative estimate of drug-likeness (QED) is 0.293. The monoisotopic (exact) mass is 480 g/mol. The number of rotatable bonds is 13. The van der Waals surface area contributed by atoms with Crippen LogP contribution < -0.4 is 0 Å². The number of carbonyl (C=O) groups is 4. The highest BCUT2D eigenvalue weighted by atomic mass is 16.7. The average molecular weight is 481 g/mol. The molecule has 192 valence electrons. The van der Waals surface area contributed by atoms with Gasteiger partial charge in [-0.1, -0.05) is 33.9 Å². The van der Waals surface area contributed by atoms with Gasteiger partial charge in [-0.05, 0) is 33.6 Å². The number of Topliss-reactive ketones (excluding diaryl/α,β-unsaturated/α-hetero) is 1. The van der Waals surface area contributed by atoms with Gasteiger partial charge in [0, 0.05) is 24.5 Å². The molecule has 4 unspecified atom stereocenters. The van der Waals surface area contributed by atoms with E-state index >= 15 is 0 Å². The van der Waals surface area contributed by atoms with Crippen molar-refractivity contribution in [1.29, 1.82) is 0 Å². The number of hydroxylamine groups is 2. The van der Waals surface area contributed by atoms with Crippen LogP contribution in [0.4, 0.5) is 0 Å². The second kappa shape index (κ2) is 12.8. The van der Waals surface area contributed by atoms with Crippen molar-refractivity contribution in [3.8, 4) is 0 Å². The maximum Gasteiger partial charge on any atom is 0.330 e. The number of amides is 1. The van der Waals surface area contributed by atoms with E-state index in [2.05, 4.69) is 13.2 Å². The van der Waals surface area contributed by atoms with E-state index in [-0.39, 0.29) is 43.9 Å². The van der Waals surface area contributed by atoms with Crippen LogP contribution in [0.5, 0.6) is 0 Å². The Hall–Kier alpha value is -2.52. The van der Waals surface area contributed by atoms with E-state index < -0.39 is 29.1 Å². The molecule has 0 aromatic carbocycles. The number of esters is 2. The summed E-state index contributed by atoms with van der Waals surface area (Å²) < 4.78 is 10.0. The number of ether oxygens (including phenoxy) is 2. The summed E-state index contributed by atoms with van der Waals surface area (Å²) in [4.78, 5) is 56.6. The molecule has 0 radical (unpaired) electrons. The first kappa shape index (κ1) is 29.5. The van der Waals surface area contributed by atoms with Crippen molar-refractivity contribution in [2.75, 3.05) is 26.3 Å². The minimum atomic E-state index is -0.887. The predicted molar refractivity (Wildman–Crippen MR) is 127 cm³/mol. The summed E-state index contributed by atoms with van der Waals surface area (Å²) in [6.07, 6.45) is 2.86. The third-order valence-electron chi connectivity index (χ3n) is 6.87. The second-order valence-electron chi connectivity index (χ2n) is 9.04. The molecule has 1 amide bonds. The van der Waals surface area contributed by atoms with Crippen molar-refractivity contribution >= 4 is 23.6 Å². The fourth-order valence-electron chi connectivity index (χ4n) is 4.13. The van der Waals surface area contributed by atoms with Crippen LogP contribution in [0, 0.1) is 5.92 Å². The molecule has 1 aliphatic heterocycles. The largest absolute Gasteiger partial charge is 0.461 e. The molecule has 1 fully saturated rings. The Morgan fingerprint density at radius 2 is 1.59 bits per heavy atom. The molecule has 0 bridgehead atoms. The molecular formula is C25H40N2O7. The molecule has 0 spiro atoms. The van der Waals surface area contributed by atoms with Crippen molar-refractivity contribution in [3.05, 3.63) is 25.3 Å². The van der Waals surface area contributed by atoms with Gasteiger partial charge in [0.05, 0.1) is 24.2 Å². The highest BCUT2D eigenvalue weighted by Crippen LogP contribution is 2.44. The van der Waals surface area contributed by atoms with Crippen LogP contribution in [0.15, 0.2) is 25.3 Å². The number of carbonyl (C=O) groups excluding carboxylic acids is 4. The number of nitrogens with zero attached hydrogens (tertiary/aromatic N) is 2. The molecule has 1 heterocycles. The molecular weight excluding hydrogens is 440 g/mol. The summed E-state index contributed by atoms with van der Waals surface area (Å²) >= 11 is 0. The summed E-state index contributed by atoms with van der Waals surface area (Å²) in [5, 5.41) is 1.85. The number of hydrogen-bond acceptors (Lipinski definition) is 8. The van der Waals surface area contributed by atoms with Crippen molar-refractivity contribution in [1.82, 2.24) is 9.96 Å². The molecule has 1 rings (SSSR count). The fraction of sp³-hybridized carbons (Fsp3) is 0.680. The van der Waals surface area contributed by atoms with E-state index in [0.29, 0.717) is 19.3 Å². The Morgan fingerprint density at radius 3 is 2.00 bits per heavy atom. The zero-order valence-corrected chi connectivity index (χ0v) is 21.4. The first-order chi connectivity index (χ1) is 15.9. The van der Waals surface area contributed by atoms with E-state index in [4.69, 9.17) is 14.3 Å². The fourth-order valence-corrected chi connectivity index (χ4v) is 4.13. The van der Waals surface area contributed by atoms with Gasteiger partial charge in [0.1, 0.15) is 19.0 Å². The first-order valence-electron chi connectivity index (χ1n) is 11.8. The Morgan fingerprint density at radius 1 is 1.09 bits per heavy atom.